The molecule has 4 aromatic carbocycles. The monoisotopic (exact) mass is 501 g/mol. The fourth-order valence-electron chi connectivity index (χ4n) is 5.75. The summed E-state index contributed by atoms with van der Waals surface area (Å²) < 4.78 is 4.65. The number of anilines is 2. The van der Waals surface area contributed by atoms with Crippen molar-refractivity contribution >= 4 is 55.2 Å². The molecule has 39 heavy (non-hydrogen) atoms. The van der Waals surface area contributed by atoms with Crippen LogP contribution < -0.4 is 5.01 Å². The van der Waals surface area contributed by atoms with Gasteiger partial charge in [-0.05, 0) is 54.6 Å². The van der Waals surface area contributed by atoms with Crippen molar-refractivity contribution in [2.75, 3.05) is 5.01 Å². The Bertz CT molecular complexity index is 2070. The molecule has 4 heterocycles. The molecule has 0 fully saturated rings. The molecule has 0 atom stereocenters. The van der Waals surface area contributed by atoms with E-state index in [0.29, 0.717) is 0 Å². The molecule has 0 saturated heterocycles. The number of pyridine rings is 2. The van der Waals surface area contributed by atoms with E-state index < -0.39 is 0 Å². The van der Waals surface area contributed by atoms with Crippen molar-refractivity contribution in [3.63, 3.8) is 0 Å². The molecule has 0 amide bonds. The second kappa shape index (κ2) is 8.57. The molecule has 0 aliphatic heterocycles. The molecular formula is C34H23N5. The third-order valence-electron chi connectivity index (χ3n) is 7.35. The Hall–Kier alpha value is -5.42. The molecule has 0 radical (unpaired) electrons. The molecule has 0 aliphatic carbocycles. The van der Waals surface area contributed by atoms with Crippen LogP contribution in [0.2, 0.25) is 0 Å². The second-order valence-electron chi connectivity index (χ2n) is 9.57. The number of nitrogens with zero attached hydrogens (tertiary/aromatic N) is 5. The van der Waals surface area contributed by atoms with Gasteiger partial charge in [-0.2, -0.15) is 0 Å². The van der Waals surface area contributed by atoms with Gasteiger partial charge in [0, 0.05) is 28.9 Å². The molecule has 0 bridgehead atoms. The molecule has 4 aromatic heterocycles. The van der Waals surface area contributed by atoms with Gasteiger partial charge in [0.2, 0.25) is 0 Å². The van der Waals surface area contributed by atoms with Crippen molar-refractivity contribution in [3.8, 4) is 5.69 Å². The van der Waals surface area contributed by atoms with E-state index >= 15 is 0 Å². The summed E-state index contributed by atoms with van der Waals surface area (Å²) in [6.45, 7) is 0. The fourth-order valence-corrected chi connectivity index (χ4v) is 5.75. The van der Waals surface area contributed by atoms with Crippen LogP contribution in [-0.2, 0) is 0 Å². The average Bonchev–Trinajstić information content (AvgIpc) is 3.52. The number of rotatable bonds is 4. The molecule has 0 N–H and O–H groups in total. The van der Waals surface area contributed by atoms with Crippen molar-refractivity contribution in [2.24, 2.45) is 0 Å². The van der Waals surface area contributed by atoms with Crippen molar-refractivity contribution < 1.29 is 0 Å². The lowest BCUT2D eigenvalue weighted by Crippen LogP contribution is -2.24. The van der Waals surface area contributed by atoms with Gasteiger partial charge < -0.3 is 4.57 Å². The first kappa shape index (κ1) is 21.6. The minimum absolute atomic E-state index is 0.870. The highest BCUT2D eigenvalue weighted by Gasteiger charge is 2.25. The lowest BCUT2D eigenvalue weighted by atomic mass is 10.2. The maximum absolute atomic E-state index is 5.06. The maximum atomic E-state index is 5.06. The minimum Gasteiger partial charge on any atom is -0.307 e. The van der Waals surface area contributed by atoms with Crippen LogP contribution in [0.5, 0.6) is 0 Å². The highest BCUT2D eigenvalue weighted by molar-refractivity contribution is 6.21. The summed E-state index contributed by atoms with van der Waals surface area (Å²) in [5, 5.41) is 4.54. The molecule has 8 aromatic rings. The van der Waals surface area contributed by atoms with E-state index in [0.717, 1.165) is 55.5 Å². The fraction of sp³-hybridized carbons (Fsp3) is 0. The van der Waals surface area contributed by atoms with Gasteiger partial charge in [0.05, 0.1) is 27.9 Å². The van der Waals surface area contributed by atoms with E-state index in [1.54, 1.807) is 0 Å². The topological polar surface area (TPSA) is 38.9 Å². The zero-order chi connectivity index (χ0) is 25.8. The van der Waals surface area contributed by atoms with Crippen LogP contribution in [0.1, 0.15) is 0 Å². The standard InChI is InChI=1S/C34H23N5/c1-4-13-24(14-5-1)37-29-20-11-10-19-27(29)28-23-36-32-31-30(21-12-22-35-31)39(34(32)33(28)37)38(25-15-6-2-7-16-25)26-17-8-3-9-18-26/h1-23H. The molecule has 5 nitrogen and oxygen atoms in total. The number of hydrogen-bond donors (Lipinski definition) is 0. The normalized spacial score (nSPS) is 11.6. The van der Waals surface area contributed by atoms with Crippen LogP contribution in [0, 0.1) is 0 Å². The Labute approximate surface area is 224 Å². The van der Waals surface area contributed by atoms with Crippen molar-refractivity contribution in [2.45, 2.75) is 0 Å². The van der Waals surface area contributed by atoms with Crippen molar-refractivity contribution in [1.82, 2.24) is 19.2 Å². The zero-order valence-corrected chi connectivity index (χ0v) is 21.0. The Morgan fingerprint density at radius 1 is 0.487 bits per heavy atom. The van der Waals surface area contributed by atoms with Gasteiger partial charge in [0.15, 0.2) is 0 Å². The first-order chi connectivity index (χ1) is 19.4. The number of benzene rings is 4. The summed E-state index contributed by atoms with van der Waals surface area (Å²) in [4.78, 5) is 9.91. The first-order valence-electron chi connectivity index (χ1n) is 13.0. The Balaban J connectivity index is 1.63. The quantitative estimate of drug-likeness (QED) is 0.244. The predicted octanol–water partition coefficient (Wildman–Crippen LogP) is 8.28. The van der Waals surface area contributed by atoms with Crippen molar-refractivity contribution in [3.05, 3.63) is 140 Å². The van der Waals surface area contributed by atoms with Gasteiger partial charge >= 0.3 is 0 Å². The van der Waals surface area contributed by atoms with E-state index in [1.165, 1.54) is 5.39 Å². The third kappa shape index (κ3) is 3.20. The summed E-state index contributed by atoms with van der Waals surface area (Å²) in [5.41, 5.74) is 9.18. The Morgan fingerprint density at radius 2 is 1.10 bits per heavy atom. The maximum Gasteiger partial charge on any atom is 0.119 e. The van der Waals surface area contributed by atoms with Crippen LogP contribution in [0.3, 0.4) is 0 Å². The highest BCUT2D eigenvalue weighted by Crippen LogP contribution is 2.41. The van der Waals surface area contributed by atoms with Crippen LogP contribution in [0.25, 0.3) is 49.6 Å². The van der Waals surface area contributed by atoms with Gasteiger partial charge in [-0.25, -0.2) is 9.69 Å². The number of hydrogen-bond acceptors (Lipinski definition) is 3. The summed E-state index contributed by atoms with van der Waals surface area (Å²) in [6.07, 6.45) is 3.85. The molecule has 184 valence electrons. The van der Waals surface area contributed by atoms with Gasteiger partial charge in [-0.15, -0.1) is 0 Å². The van der Waals surface area contributed by atoms with Gasteiger partial charge in [-0.3, -0.25) is 9.97 Å². The first-order valence-corrected chi connectivity index (χ1v) is 13.0. The Kier molecular flexibility index (Phi) is 4.76. The third-order valence-corrected chi connectivity index (χ3v) is 7.35. The van der Waals surface area contributed by atoms with E-state index in [9.17, 15) is 0 Å². The highest BCUT2D eigenvalue weighted by atomic mass is 15.6. The van der Waals surface area contributed by atoms with Gasteiger partial charge in [-0.1, -0.05) is 72.8 Å². The molecule has 0 spiro atoms. The van der Waals surface area contributed by atoms with Crippen LogP contribution in [0.15, 0.2) is 140 Å². The zero-order valence-electron chi connectivity index (χ0n) is 21.0. The largest absolute Gasteiger partial charge is 0.307 e. The molecule has 0 aliphatic rings. The molecular weight excluding hydrogens is 478 g/mol. The summed E-state index contributed by atoms with van der Waals surface area (Å²) in [5.74, 6) is 0. The van der Waals surface area contributed by atoms with E-state index in [2.05, 4.69) is 123 Å². The molecule has 0 saturated carbocycles. The summed E-state index contributed by atoms with van der Waals surface area (Å²) >= 11 is 0. The summed E-state index contributed by atoms with van der Waals surface area (Å²) in [7, 11) is 0. The lowest BCUT2D eigenvalue weighted by molar-refractivity contribution is 0.885. The number of fused-ring (bicyclic) bond motifs is 7. The second-order valence-corrected chi connectivity index (χ2v) is 9.57. The van der Waals surface area contributed by atoms with Gasteiger partial charge in [0.25, 0.3) is 0 Å². The van der Waals surface area contributed by atoms with E-state index in [1.807, 2.05) is 30.6 Å². The summed E-state index contributed by atoms with van der Waals surface area (Å²) in [6, 6.07) is 44.2. The molecule has 8 rings (SSSR count). The molecule has 0 unspecified atom stereocenters. The molecule has 5 heteroatoms. The number of aromatic nitrogens is 4. The van der Waals surface area contributed by atoms with Gasteiger partial charge in [0.1, 0.15) is 16.6 Å². The van der Waals surface area contributed by atoms with E-state index in [-0.39, 0.29) is 0 Å². The Morgan fingerprint density at radius 3 is 1.82 bits per heavy atom. The van der Waals surface area contributed by atoms with Crippen LogP contribution in [-0.4, -0.2) is 19.2 Å². The SMILES string of the molecule is c1ccc(N(c2ccccc2)n2c3cccnc3c3ncc4c5ccccc5n(-c5ccccc5)c4c32)cc1. The smallest absolute Gasteiger partial charge is 0.119 e. The lowest BCUT2D eigenvalue weighted by Gasteiger charge is -2.28. The minimum atomic E-state index is 0.870. The van der Waals surface area contributed by atoms with Crippen LogP contribution in [0.4, 0.5) is 11.4 Å². The number of para-hydroxylation sites is 4. The van der Waals surface area contributed by atoms with Crippen LogP contribution >= 0.6 is 0 Å². The predicted molar refractivity (Wildman–Crippen MR) is 160 cm³/mol. The van der Waals surface area contributed by atoms with E-state index in [4.69, 9.17) is 9.97 Å². The van der Waals surface area contributed by atoms with Crippen molar-refractivity contribution in [1.29, 1.82) is 0 Å². The average molecular weight is 502 g/mol.